The molecule has 32 heavy (non-hydrogen) atoms. The van der Waals surface area contributed by atoms with E-state index in [-0.39, 0.29) is 5.76 Å². The zero-order chi connectivity index (χ0) is 22.5. The topological polar surface area (TPSA) is 88.6 Å². The molecular formula is C23H27N3O5S. The summed E-state index contributed by atoms with van der Waals surface area (Å²) in [5, 5.41) is 9.88. The molecule has 9 heteroatoms. The molecule has 170 valence electrons. The Balaban J connectivity index is 1.65. The van der Waals surface area contributed by atoms with Gasteiger partial charge in [0.2, 0.25) is 5.76 Å². The van der Waals surface area contributed by atoms with Crippen molar-refractivity contribution in [3.05, 3.63) is 41.9 Å². The van der Waals surface area contributed by atoms with Gasteiger partial charge >= 0.3 is 5.97 Å². The van der Waals surface area contributed by atoms with Gasteiger partial charge in [0.1, 0.15) is 17.3 Å². The van der Waals surface area contributed by atoms with E-state index in [2.05, 4.69) is 14.8 Å². The molecule has 3 aromatic rings. The Hall–Kier alpha value is -2.94. The number of rotatable bonds is 8. The molecule has 1 aliphatic carbocycles. The maximum absolute atomic E-state index is 11.7. The fraction of sp³-hybridized carbons (Fsp3) is 0.435. The van der Waals surface area contributed by atoms with Crippen LogP contribution in [0.3, 0.4) is 0 Å². The Kier molecular flexibility index (Phi) is 7.04. The molecule has 1 aliphatic rings. The Labute approximate surface area is 191 Å². The van der Waals surface area contributed by atoms with Crippen LogP contribution in [-0.2, 0) is 10.5 Å². The maximum atomic E-state index is 11.7. The summed E-state index contributed by atoms with van der Waals surface area (Å²) in [6.45, 7) is 0. The van der Waals surface area contributed by atoms with Crippen LogP contribution in [-0.4, -0.2) is 42.1 Å². The van der Waals surface area contributed by atoms with E-state index in [9.17, 15) is 4.79 Å². The highest BCUT2D eigenvalue weighted by Crippen LogP contribution is 2.38. The van der Waals surface area contributed by atoms with E-state index in [4.69, 9.17) is 18.6 Å². The van der Waals surface area contributed by atoms with Gasteiger partial charge < -0.3 is 18.6 Å². The SMILES string of the molecule is COC(=O)c1ccc(CSc2nnc(-c3cc(OC)cc(OC)c3)n2C2CCCCC2)o1. The molecule has 0 saturated heterocycles. The first-order valence-electron chi connectivity index (χ1n) is 10.6. The van der Waals surface area contributed by atoms with Gasteiger partial charge in [-0.2, -0.15) is 0 Å². The van der Waals surface area contributed by atoms with Crippen molar-refractivity contribution in [1.29, 1.82) is 0 Å². The molecule has 1 saturated carbocycles. The molecule has 1 fully saturated rings. The Morgan fingerprint density at radius 3 is 2.44 bits per heavy atom. The number of nitrogens with zero attached hydrogens (tertiary/aromatic N) is 3. The molecule has 2 aromatic heterocycles. The van der Waals surface area contributed by atoms with Crippen molar-refractivity contribution < 1.29 is 23.4 Å². The quantitative estimate of drug-likeness (QED) is 0.339. The van der Waals surface area contributed by atoms with Crippen LogP contribution in [0, 0.1) is 0 Å². The van der Waals surface area contributed by atoms with Gasteiger partial charge in [0.05, 0.1) is 27.1 Å². The zero-order valence-corrected chi connectivity index (χ0v) is 19.3. The lowest BCUT2D eigenvalue weighted by Gasteiger charge is -2.25. The number of aromatic nitrogens is 3. The highest BCUT2D eigenvalue weighted by molar-refractivity contribution is 7.98. The highest BCUT2D eigenvalue weighted by atomic mass is 32.2. The van der Waals surface area contributed by atoms with Crippen molar-refractivity contribution in [2.75, 3.05) is 21.3 Å². The second-order valence-corrected chi connectivity index (χ2v) is 8.56. The predicted molar refractivity (Wildman–Crippen MR) is 120 cm³/mol. The van der Waals surface area contributed by atoms with E-state index in [0.717, 1.165) is 29.4 Å². The van der Waals surface area contributed by atoms with E-state index >= 15 is 0 Å². The summed E-state index contributed by atoms with van der Waals surface area (Å²) in [7, 11) is 4.61. The van der Waals surface area contributed by atoms with Gasteiger partial charge in [0.25, 0.3) is 0 Å². The summed E-state index contributed by atoms with van der Waals surface area (Å²) in [4.78, 5) is 11.7. The normalized spacial score (nSPS) is 14.3. The number of hydrogen-bond acceptors (Lipinski definition) is 8. The van der Waals surface area contributed by atoms with Crippen molar-refractivity contribution in [2.24, 2.45) is 0 Å². The van der Waals surface area contributed by atoms with Gasteiger partial charge in [-0.3, -0.25) is 4.57 Å². The third kappa shape index (κ3) is 4.77. The lowest BCUT2D eigenvalue weighted by molar-refractivity contribution is 0.0563. The zero-order valence-electron chi connectivity index (χ0n) is 18.5. The van der Waals surface area contributed by atoms with Gasteiger partial charge in [0, 0.05) is 17.7 Å². The second kappa shape index (κ2) is 10.1. The van der Waals surface area contributed by atoms with Crippen LogP contribution in [0.15, 0.2) is 39.9 Å². The summed E-state index contributed by atoms with van der Waals surface area (Å²) in [6, 6.07) is 9.49. The minimum absolute atomic E-state index is 0.195. The van der Waals surface area contributed by atoms with Gasteiger partial charge in [-0.05, 0) is 37.1 Å². The second-order valence-electron chi connectivity index (χ2n) is 7.62. The van der Waals surface area contributed by atoms with Crippen LogP contribution in [0.1, 0.15) is 54.5 Å². The van der Waals surface area contributed by atoms with Crippen molar-refractivity contribution in [2.45, 2.75) is 49.1 Å². The molecule has 0 unspecified atom stereocenters. The molecule has 0 spiro atoms. The number of furan rings is 1. The Bertz CT molecular complexity index is 1050. The molecule has 2 heterocycles. The molecule has 0 aliphatic heterocycles. The largest absolute Gasteiger partial charge is 0.497 e. The number of benzene rings is 1. The van der Waals surface area contributed by atoms with Gasteiger partial charge in [-0.15, -0.1) is 10.2 Å². The first kappa shape index (κ1) is 22.3. The number of esters is 1. The van der Waals surface area contributed by atoms with E-state index in [0.29, 0.717) is 29.1 Å². The van der Waals surface area contributed by atoms with Gasteiger partial charge in [-0.1, -0.05) is 31.0 Å². The minimum Gasteiger partial charge on any atom is -0.497 e. The number of ether oxygens (including phenoxy) is 3. The lowest BCUT2D eigenvalue weighted by atomic mass is 9.95. The number of thioether (sulfide) groups is 1. The number of hydrogen-bond donors (Lipinski definition) is 0. The number of carbonyl (C=O) groups excluding carboxylic acids is 1. The van der Waals surface area contributed by atoms with Crippen LogP contribution in [0.25, 0.3) is 11.4 Å². The molecular weight excluding hydrogens is 430 g/mol. The molecule has 0 amide bonds. The Morgan fingerprint density at radius 2 is 1.78 bits per heavy atom. The molecule has 0 bridgehead atoms. The summed E-state index contributed by atoms with van der Waals surface area (Å²) < 4.78 is 23.5. The Morgan fingerprint density at radius 1 is 1.06 bits per heavy atom. The smallest absolute Gasteiger partial charge is 0.373 e. The fourth-order valence-corrected chi connectivity index (χ4v) is 4.88. The van der Waals surface area contributed by atoms with E-state index in [1.54, 1.807) is 38.1 Å². The van der Waals surface area contributed by atoms with Crippen molar-refractivity contribution >= 4 is 17.7 Å². The van der Waals surface area contributed by atoms with Crippen molar-refractivity contribution in [3.63, 3.8) is 0 Å². The van der Waals surface area contributed by atoms with Crippen LogP contribution < -0.4 is 9.47 Å². The molecule has 4 rings (SSSR count). The average molecular weight is 458 g/mol. The lowest BCUT2D eigenvalue weighted by Crippen LogP contribution is -2.15. The molecule has 0 radical (unpaired) electrons. The highest BCUT2D eigenvalue weighted by Gasteiger charge is 2.25. The number of carbonyl (C=O) groups is 1. The molecule has 1 aromatic carbocycles. The van der Waals surface area contributed by atoms with Crippen LogP contribution in [0.5, 0.6) is 11.5 Å². The minimum atomic E-state index is -0.485. The fourth-order valence-electron chi connectivity index (χ4n) is 3.98. The van der Waals surface area contributed by atoms with Crippen molar-refractivity contribution in [3.8, 4) is 22.9 Å². The van der Waals surface area contributed by atoms with E-state index < -0.39 is 5.97 Å². The first-order chi connectivity index (χ1) is 15.6. The van der Waals surface area contributed by atoms with Gasteiger partial charge in [0.15, 0.2) is 11.0 Å². The third-order valence-corrected chi connectivity index (χ3v) is 6.57. The summed E-state index contributed by atoms with van der Waals surface area (Å²) in [6.07, 6.45) is 5.81. The van der Waals surface area contributed by atoms with E-state index in [1.165, 1.54) is 26.4 Å². The first-order valence-corrected chi connectivity index (χ1v) is 11.6. The monoisotopic (exact) mass is 457 g/mol. The van der Waals surface area contributed by atoms with Crippen LogP contribution in [0.2, 0.25) is 0 Å². The standard InChI is InChI=1S/C23H27N3O5S/c1-28-18-11-15(12-19(13-18)29-2)21-24-25-23(26(21)16-7-5-4-6-8-16)32-14-17-9-10-20(31-17)22(27)30-3/h9-13,16H,4-8,14H2,1-3H3. The maximum Gasteiger partial charge on any atom is 0.373 e. The van der Waals surface area contributed by atoms with Gasteiger partial charge in [-0.25, -0.2) is 4.79 Å². The summed E-state index contributed by atoms with van der Waals surface area (Å²) in [5.74, 6) is 3.13. The van der Waals surface area contributed by atoms with Crippen molar-refractivity contribution in [1.82, 2.24) is 14.8 Å². The molecule has 8 nitrogen and oxygen atoms in total. The predicted octanol–water partition coefficient (Wildman–Crippen LogP) is 5.14. The molecule has 0 atom stereocenters. The summed E-state index contributed by atoms with van der Waals surface area (Å²) in [5.41, 5.74) is 0.900. The number of methoxy groups -OCH3 is 3. The third-order valence-electron chi connectivity index (χ3n) is 5.61. The van der Waals surface area contributed by atoms with Crippen LogP contribution in [0.4, 0.5) is 0 Å². The average Bonchev–Trinajstić information content (AvgIpc) is 3.49. The summed E-state index contributed by atoms with van der Waals surface area (Å²) >= 11 is 1.54. The van der Waals surface area contributed by atoms with Crippen LogP contribution >= 0.6 is 11.8 Å². The molecule has 0 N–H and O–H groups in total. The van der Waals surface area contributed by atoms with E-state index in [1.807, 2.05) is 18.2 Å².